The smallest absolute Gasteiger partial charge is 0.227 e. The fourth-order valence-corrected chi connectivity index (χ4v) is 2.17. The lowest BCUT2D eigenvalue weighted by molar-refractivity contribution is -0.118. The van der Waals surface area contributed by atoms with Crippen molar-refractivity contribution >= 4 is 24.2 Å². The van der Waals surface area contributed by atoms with Gasteiger partial charge in [0.15, 0.2) is 0 Å². The van der Waals surface area contributed by atoms with Crippen molar-refractivity contribution in [2.45, 2.75) is 18.2 Å². The van der Waals surface area contributed by atoms with Crippen molar-refractivity contribution in [3.8, 4) is 0 Å². The first-order chi connectivity index (χ1) is 7.63. The summed E-state index contributed by atoms with van der Waals surface area (Å²) in [6.07, 6.45) is 1.43. The number of hydrogen-bond acceptors (Lipinski definition) is 3. The molecule has 3 nitrogen and oxygen atoms in total. The summed E-state index contributed by atoms with van der Waals surface area (Å²) in [6.45, 7) is 0. The third kappa shape index (κ3) is 1.95. The van der Waals surface area contributed by atoms with E-state index in [2.05, 4.69) is 24.0 Å². The lowest BCUT2D eigenvalue weighted by atomic mass is 9.99. The highest BCUT2D eigenvalue weighted by Crippen LogP contribution is 2.29. The molecule has 16 heavy (non-hydrogen) atoms. The fraction of sp³-hybridized carbons (Fsp3) is 0.417. The monoisotopic (exact) mass is 236 g/mol. The normalized spacial score (nSPS) is 17.2. The molecule has 0 saturated heterocycles. The number of carbonyl (C=O) groups excluding carboxylic acids is 1. The summed E-state index contributed by atoms with van der Waals surface area (Å²) in [5.41, 5.74) is 3.40. The quantitative estimate of drug-likeness (QED) is 0.605. The SMILES string of the molecule is CNC(S)c1ccc2c(c1)CCC(=O)N2C. The van der Waals surface area contributed by atoms with Crippen molar-refractivity contribution < 1.29 is 4.79 Å². The zero-order chi connectivity index (χ0) is 11.7. The van der Waals surface area contributed by atoms with Crippen molar-refractivity contribution in [1.29, 1.82) is 0 Å². The maximum atomic E-state index is 11.5. The molecule has 0 aromatic heterocycles. The Hall–Kier alpha value is -1.00. The topological polar surface area (TPSA) is 32.3 Å². The summed E-state index contributed by atoms with van der Waals surface area (Å²) in [4.78, 5) is 13.3. The molecule has 1 amide bonds. The van der Waals surface area contributed by atoms with Crippen molar-refractivity contribution in [3.63, 3.8) is 0 Å². The molecule has 0 saturated carbocycles. The van der Waals surface area contributed by atoms with E-state index in [1.54, 1.807) is 4.90 Å². The second kappa shape index (κ2) is 4.47. The van der Waals surface area contributed by atoms with Crippen LogP contribution in [0.15, 0.2) is 18.2 Å². The minimum atomic E-state index is 0.0493. The summed E-state index contributed by atoms with van der Waals surface area (Å²) in [5.74, 6) is 0.191. The third-order valence-corrected chi connectivity index (χ3v) is 3.59. The van der Waals surface area contributed by atoms with Crippen molar-refractivity contribution in [3.05, 3.63) is 29.3 Å². The van der Waals surface area contributed by atoms with Crippen LogP contribution in [0, 0.1) is 0 Å². The zero-order valence-corrected chi connectivity index (χ0v) is 10.4. The Kier molecular flexibility index (Phi) is 3.21. The van der Waals surface area contributed by atoms with Crippen LogP contribution in [0.4, 0.5) is 5.69 Å². The molecule has 1 unspecified atom stereocenters. The maximum Gasteiger partial charge on any atom is 0.227 e. The van der Waals surface area contributed by atoms with Crippen LogP contribution in [0.1, 0.15) is 22.9 Å². The fourth-order valence-electron chi connectivity index (χ4n) is 2.01. The Bertz CT molecular complexity index is 419. The van der Waals surface area contributed by atoms with E-state index in [-0.39, 0.29) is 11.3 Å². The van der Waals surface area contributed by atoms with Crippen LogP contribution in [0.25, 0.3) is 0 Å². The van der Waals surface area contributed by atoms with E-state index in [1.165, 1.54) is 5.56 Å². The van der Waals surface area contributed by atoms with Gasteiger partial charge in [-0.3, -0.25) is 4.79 Å². The highest BCUT2D eigenvalue weighted by atomic mass is 32.1. The minimum Gasteiger partial charge on any atom is -0.315 e. The molecule has 1 aromatic rings. The molecular formula is C12H16N2OS. The average molecular weight is 236 g/mol. The van der Waals surface area contributed by atoms with Crippen molar-refractivity contribution in [2.24, 2.45) is 0 Å². The van der Waals surface area contributed by atoms with Crippen LogP contribution in [0.2, 0.25) is 0 Å². The summed E-state index contributed by atoms with van der Waals surface area (Å²) in [5, 5.41) is 3.14. The number of nitrogens with one attached hydrogen (secondary N) is 1. The van der Waals surface area contributed by atoms with E-state index < -0.39 is 0 Å². The van der Waals surface area contributed by atoms with Crippen LogP contribution < -0.4 is 10.2 Å². The van der Waals surface area contributed by atoms with E-state index in [1.807, 2.05) is 26.2 Å². The number of hydrogen-bond donors (Lipinski definition) is 2. The molecule has 0 bridgehead atoms. The molecule has 4 heteroatoms. The van der Waals surface area contributed by atoms with Gasteiger partial charge in [0.2, 0.25) is 5.91 Å². The van der Waals surface area contributed by atoms with E-state index in [4.69, 9.17) is 0 Å². The van der Waals surface area contributed by atoms with E-state index in [9.17, 15) is 4.79 Å². The number of benzene rings is 1. The largest absolute Gasteiger partial charge is 0.315 e. The predicted molar refractivity (Wildman–Crippen MR) is 69.0 cm³/mol. The van der Waals surface area contributed by atoms with Gasteiger partial charge in [0.05, 0.1) is 5.37 Å². The van der Waals surface area contributed by atoms with Gasteiger partial charge in [-0.15, -0.1) is 0 Å². The Balaban J connectivity index is 2.37. The van der Waals surface area contributed by atoms with Crippen LogP contribution in [-0.4, -0.2) is 20.0 Å². The van der Waals surface area contributed by atoms with E-state index in [0.29, 0.717) is 6.42 Å². The second-order valence-electron chi connectivity index (χ2n) is 4.03. The van der Waals surface area contributed by atoms with Gasteiger partial charge in [-0.25, -0.2) is 0 Å². The molecule has 1 aliphatic heterocycles. The number of amides is 1. The molecule has 1 atom stereocenters. The highest BCUT2D eigenvalue weighted by molar-refractivity contribution is 7.80. The van der Waals surface area contributed by atoms with Gasteiger partial charge in [-0.2, -0.15) is 12.6 Å². The average Bonchev–Trinajstić information content (AvgIpc) is 2.32. The lowest BCUT2D eigenvalue weighted by Crippen LogP contribution is -2.31. The first-order valence-electron chi connectivity index (χ1n) is 5.38. The van der Waals surface area contributed by atoms with Gasteiger partial charge in [0.1, 0.15) is 0 Å². The Morgan fingerprint density at radius 2 is 2.19 bits per heavy atom. The number of rotatable bonds is 2. The van der Waals surface area contributed by atoms with Gasteiger partial charge < -0.3 is 10.2 Å². The molecule has 1 aromatic carbocycles. The van der Waals surface area contributed by atoms with Gasteiger partial charge in [0.25, 0.3) is 0 Å². The van der Waals surface area contributed by atoms with Crippen LogP contribution in [0.5, 0.6) is 0 Å². The molecule has 1 aliphatic rings. The molecule has 0 fully saturated rings. The summed E-state index contributed by atoms with van der Waals surface area (Å²) in [6, 6.07) is 6.15. The number of anilines is 1. The Morgan fingerprint density at radius 3 is 2.88 bits per heavy atom. The number of carbonyl (C=O) groups is 1. The first-order valence-corrected chi connectivity index (χ1v) is 5.90. The van der Waals surface area contributed by atoms with Crippen molar-refractivity contribution in [1.82, 2.24) is 5.32 Å². The van der Waals surface area contributed by atoms with Gasteiger partial charge in [0, 0.05) is 19.2 Å². The highest BCUT2D eigenvalue weighted by Gasteiger charge is 2.21. The zero-order valence-electron chi connectivity index (χ0n) is 9.53. The summed E-state index contributed by atoms with van der Waals surface area (Å²) < 4.78 is 0. The second-order valence-corrected chi connectivity index (χ2v) is 4.55. The Labute approximate surface area is 101 Å². The molecule has 0 radical (unpaired) electrons. The number of fused-ring (bicyclic) bond motifs is 1. The van der Waals surface area contributed by atoms with E-state index >= 15 is 0 Å². The molecule has 0 spiro atoms. The number of aryl methyl sites for hydroxylation is 1. The van der Waals surface area contributed by atoms with E-state index in [0.717, 1.165) is 17.7 Å². The summed E-state index contributed by atoms with van der Waals surface area (Å²) in [7, 11) is 3.71. The van der Waals surface area contributed by atoms with Gasteiger partial charge >= 0.3 is 0 Å². The van der Waals surface area contributed by atoms with Crippen LogP contribution >= 0.6 is 12.6 Å². The predicted octanol–water partition coefficient (Wildman–Crippen LogP) is 1.74. The van der Waals surface area contributed by atoms with Crippen LogP contribution in [0.3, 0.4) is 0 Å². The third-order valence-electron chi connectivity index (χ3n) is 3.04. The Morgan fingerprint density at radius 1 is 1.44 bits per heavy atom. The summed E-state index contributed by atoms with van der Waals surface area (Å²) >= 11 is 4.44. The number of thiol groups is 1. The molecule has 86 valence electrons. The standard InChI is InChI=1S/C12H16N2OS/c1-13-12(16)9-3-5-10-8(7-9)4-6-11(15)14(10)2/h3,5,7,12-13,16H,4,6H2,1-2H3. The minimum absolute atomic E-state index is 0.0493. The molecule has 1 N–H and O–H groups in total. The molecule has 0 aliphatic carbocycles. The molecular weight excluding hydrogens is 220 g/mol. The molecule has 1 heterocycles. The first kappa shape index (κ1) is 11.5. The van der Waals surface area contributed by atoms with Gasteiger partial charge in [-0.05, 0) is 30.7 Å². The molecule has 2 rings (SSSR count). The maximum absolute atomic E-state index is 11.5. The van der Waals surface area contributed by atoms with Gasteiger partial charge in [-0.1, -0.05) is 12.1 Å². The lowest BCUT2D eigenvalue weighted by Gasteiger charge is -2.26. The number of nitrogens with zero attached hydrogens (tertiary/aromatic N) is 1. The van der Waals surface area contributed by atoms with Crippen LogP contribution in [-0.2, 0) is 11.2 Å². The van der Waals surface area contributed by atoms with Crippen molar-refractivity contribution in [2.75, 3.05) is 19.0 Å².